The molecule has 1 aromatic carbocycles. The summed E-state index contributed by atoms with van der Waals surface area (Å²) in [6.45, 7) is 2.05. The van der Waals surface area contributed by atoms with Gasteiger partial charge in [0.15, 0.2) is 0 Å². The highest BCUT2D eigenvalue weighted by Crippen LogP contribution is 2.31. The van der Waals surface area contributed by atoms with Crippen LogP contribution in [0.1, 0.15) is 55.3 Å². The number of carbonyl (C=O) groups excluding carboxylic acids is 2. The number of hydrogen-bond donors (Lipinski definition) is 3. The summed E-state index contributed by atoms with van der Waals surface area (Å²) in [7, 11) is 1.64. The molecular weight excluding hydrogens is 342 g/mol. The Morgan fingerprint density at radius 2 is 1.78 bits per heavy atom. The second-order valence-corrected chi connectivity index (χ2v) is 7.80. The van der Waals surface area contributed by atoms with Gasteiger partial charge in [0.1, 0.15) is 0 Å². The molecule has 148 valence electrons. The number of carbonyl (C=O) groups is 2. The van der Waals surface area contributed by atoms with Gasteiger partial charge < -0.3 is 20.7 Å². The van der Waals surface area contributed by atoms with Crippen molar-refractivity contribution in [2.75, 3.05) is 32.1 Å². The van der Waals surface area contributed by atoms with Gasteiger partial charge >= 0.3 is 0 Å². The summed E-state index contributed by atoms with van der Waals surface area (Å²) in [5, 5.41) is 9.42. The molecule has 1 aliphatic carbocycles. The predicted octanol–water partition coefficient (Wildman–Crippen LogP) is 2.70. The third-order valence-corrected chi connectivity index (χ3v) is 5.81. The van der Waals surface area contributed by atoms with Crippen molar-refractivity contribution < 1.29 is 14.3 Å². The Morgan fingerprint density at radius 3 is 2.41 bits per heavy atom. The highest BCUT2D eigenvalue weighted by atomic mass is 16.5. The minimum absolute atomic E-state index is 0.00902. The number of methoxy groups -OCH3 is 1. The minimum atomic E-state index is -0.489. The quantitative estimate of drug-likeness (QED) is 0.716. The van der Waals surface area contributed by atoms with E-state index < -0.39 is 5.41 Å². The van der Waals surface area contributed by atoms with Gasteiger partial charge in [0.25, 0.3) is 5.91 Å². The topological polar surface area (TPSA) is 79.5 Å². The average Bonchev–Trinajstić information content (AvgIpc) is 2.70. The summed E-state index contributed by atoms with van der Waals surface area (Å²) < 4.78 is 5.32. The zero-order chi connectivity index (χ0) is 19.1. The minimum Gasteiger partial charge on any atom is -0.384 e. The van der Waals surface area contributed by atoms with Crippen molar-refractivity contribution in [1.29, 1.82) is 0 Å². The van der Waals surface area contributed by atoms with E-state index in [4.69, 9.17) is 4.74 Å². The first-order chi connectivity index (χ1) is 13.1. The predicted molar refractivity (Wildman–Crippen MR) is 106 cm³/mol. The molecule has 27 heavy (non-hydrogen) atoms. The van der Waals surface area contributed by atoms with Gasteiger partial charge in [-0.05, 0) is 63.0 Å². The van der Waals surface area contributed by atoms with Gasteiger partial charge in [0.2, 0.25) is 5.91 Å². The third kappa shape index (κ3) is 5.08. The van der Waals surface area contributed by atoms with E-state index in [0.717, 1.165) is 38.8 Å². The first kappa shape index (κ1) is 19.8. The van der Waals surface area contributed by atoms with Crippen LogP contribution >= 0.6 is 0 Å². The lowest BCUT2D eigenvalue weighted by molar-refractivity contribution is -0.130. The van der Waals surface area contributed by atoms with Crippen LogP contribution in [0.2, 0.25) is 0 Å². The molecule has 0 spiro atoms. The van der Waals surface area contributed by atoms with Crippen LogP contribution < -0.4 is 16.0 Å². The number of anilines is 1. The molecule has 1 aromatic rings. The molecule has 2 aliphatic rings. The summed E-state index contributed by atoms with van der Waals surface area (Å²) in [5.41, 5.74) is 0.854. The maximum absolute atomic E-state index is 12.9. The fraction of sp³-hybridized carbons (Fsp3) is 0.619. The molecule has 2 fully saturated rings. The van der Waals surface area contributed by atoms with Gasteiger partial charge in [-0.1, -0.05) is 19.3 Å². The Morgan fingerprint density at radius 1 is 1.11 bits per heavy atom. The van der Waals surface area contributed by atoms with Crippen LogP contribution in [0, 0.1) is 5.41 Å². The molecule has 0 radical (unpaired) electrons. The van der Waals surface area contributed by atoms with E-state index in [2.05, 4.69) is 16.0 Å². The molecule has 6 heteroatoms. The second kappa shape index (κ2) is 9.33. The van der Waals surface area contributed by atoms with Crippen LogP contribution in [0.4, 0.5) is 5.69 Å². The Hall–Kier alpha value is -1.92. The van der Waals surface area contributed by atoms with Crippen molar-refractivity contribution in [2.45, 2.75) is 51.0 Å². The van der Waals surface area contributed by atoms with Crippen LogP contribution in [-0.4, -0.2) is 44.7 Å². The van der Waals surface area contributed by atoms with Gasteiger partial charge in [-0.25, -0.2) is 0 Å². The van der Waals surface area contributed by atoms with Crippen LogP contribution in [0.5, 0.6) is 0 Å². The van der Waals surface area contributed by atoms with Crippen molar-refractivity contribution in [1.82, 2.24) is 10.6 Å². The second-order valence-electron chi connectivity index (χ2n) is 7.80. The summed E-state index contributed by atoms with van der Waals surface area (Å²) in [4.78, 5) is 25.3. The lowest BCUT2D eigenvalue weighted by Crippen LogP contribution is -2.47. The molecule has 1 heterocycles. The van der Waals surface area contributed by atoms with E-state index in [0.29, 0.717) is 23.9 Å². The monoisotopic (exact) mass is 373 g/mol. The van der Waals surface area contributed by atoms with E-state index in [1.165, 1.54) is 19.3 Å². The number of benzene rings is 1. The van der Waals surface area contributed by atoms with E-state index in [-0.39, 0.29) is 11.8 Å². The Labute approximate surface area is 161 Å². The summed E-state index contributed by atoms with van der Waals surface area (Å²) in [5.74, 6) is -0.0424. The highest BCUT2D eigenvalue weighted by molar-refractivity contribution is 5.97. The average molecular weight is 373 g/mol. The zero-order valence-electron chi connectivity index (χ0n) is 16.2. The Balaban J connectivity index is 1.59. The lowest BCUT2D eigenvalue weighted by Gasteiger charge is -2.35. The van der Waals surface area contributed by atoms with Gasteiger partial charge in [-0.15, -0.1) is 0 Å². The van der Waals surface area contributed by atoms with Crippen molar-refractivity contribution in [3.8, 4) is 0 Å². The summed E-state index contributed by atoms with van der Waals surface area (Å²) in [6, 6.07) is 7.45. The SMILES string of the molecule is COCC1(C(=O)Nc2ccc(C(=O)NC3CCCCC3)cc2)CCNCC1. The molecule has 0 unspecified atom stereocenters. The number of nitrogens with one attached hydrogen (secondary N) is 3. The molecule has 6 nitrogen and oxygen atoms in total. The van der Waals surface area contributed by atoms with E-state index in [9.17, 15) is 9.59 Å². The summed E-state index contributed by atoms with van der Waals surface area (Å²) >= 11 is 0. The van der Waals surface area contributed by atoms with Gasteiger partial charge in [-0.2, -0.15) is 0 Å². The Bertz CT molecular complexity index is 627. The van der Waals surface area contributed by atoms with Crippen LogP contribution in [0.3, 0.4) is 0 Å². The number of rotatable bonds is 6. The number of amides is 2. The molecular formula is C21H31N3O3. The molecule has 0 bridgehead atoms. The normalized spacial score (nSPS) is 20.0. The van der Waals surface area contributed by atoms with Crippen molar-refractivity contribution in [3.05, 3.63) is 29.8 Å². The van der Waals surface area contributed by atoms with Crippen molar-refractivity contribution in [2.24, 2.45) is 5.41 Å². The first-order valence-electron chi connectivity index (χ1n) is 10.0. The molecule has 3 N–H and O–H groups in total. The number of ether oxygens (including phenoxy) is 1. The third-order valence-electron chi connectivity index (χ3n) is 5.81. The highest BCUT2D eigenvalue weighted by Gasteiger charge is 2.39. The smallest absolute Gasteiger partial charge is 0.251 e. The van der Waals surface area contributed by atoms with Gasteiger partial charge in [0, 0.05) is 24.4 Å². The first-order valence-corrected chi connectivity index (χ1v) is 10.0. The van der Waals surface area contributed by atoms with E-state index >= 15 is 0 Å². The molecule has 2 amide bonds. The lowest BCUT2D eigenvalue weighted by atomic mass is 9.78. The Kier molecular flexibility index (Phi) is 6.85. The van der Waals surface area contributed by atoms with Crippen molar-refractivity contribution >= 4 is 17.5 Å². The molecule has 3 rings (SSSR count). The molecule has 1 saturated heterocycles. The van der Waals surface area contributed by atoms with E-state index in [1.54, 1.807) is 31.4 Å². The van der Waals surface area contributed by atoms with Crippen molar-refractivity contribution in [3.63, 3.8) is 0 Å². The summed E-state index contributed by atoms with van der Waals surface area (Å²) in [6.07, 6.45) is 7.29. The fourth-order valence-electron chi connectivity index (χ4n) is 4.10. The van der Waals surface area contributed by atoms with Gasteiger partial charge in [0.05, 0.1) is 12.0 Å². The standard InChI is InChI=1S/C21H31N3O3/c1-27-15-21(11-13-22-14-12-21)20(26)24-18-9-7-16(8-10-18)19(25)23-17-5-3-2-4-6-17/h7-10,17,22H,2-6,11-15H2,1H3,(H,23,25)(H,24,26). The maximum Gasteiger partial charge on any atom is 0.251 e. The van der Waals surface area contributed by atoms with Crippen LogP contribution in [0.15, 0.2) is 24.3 Å². The molecule has 1 saturated carbocycles. The van der Waals surface area contributed by atoms with Crippen LogP contribution in [-0.2, 0) is 9.53 Å². The largest absolute Gasteiger partial charge is 0.384 e. The maximum atomic E-state index is 12.9. The fourth-order valence-corrected chi connectivity index (χ4v) is 4.10. The molecule has 0 atom stereocenters. The van der Waals surface area contributed by atoms with E-state index in [1.807, 2.05) is 0 Å². The zero-order valence-corrected chi connectivity index (χ0v) is 16.2. The molecule has 0 aromatic heterocycles. The number of hydrogen-bond acceptors (Lipinski definition) is 4. The number of piperidine rings is 1. The van der Waals surface area contributed by atoms with Gasteiger partial charge in [-0.3, -0.25) is 9.59 Å². The van der Waals surface area contributed by atoms with Crippen LogP contribution in [0.25, 0.3) is 0 Å². The molecule has 1 aliphatic heterocycles.